The van der Waals surface area contributed by atoms with Gasteiger partial charge in [-0.15, -0.1) is 0 Å². The highest BCUT2D eigenvalue weighted by Gasteiger charge is 2.31. The number of aliphatic imine (C=N–C) groups is 1. The zero-order valence-electron chi connectivity index (χ0n) is 12.2. The molecule has 0 saturated carbocycles. The van der Waals surface area contributed by atoms with Crippen LogP contribution >= 0.6 is 11.8 Å². The van der Waals surface area contributed by atoms with Crippen LogP contribution < -0.4 is 5.32 Å². The summed E-state index contributed by atoms with van der Waals surface area (Å²) in [5.41, 5.74) is 1.18. The Hall–Kier alpha value is -1.82. The van der Waals surface area contributed by atoms with Gasteiger partial charge < -0.3 is 10.2 Å². The molecule has 5 nitrogen and oxygen atoms in total. The van der Waals surface area contributed by atoms with E-state index in [9.17, 15) is 9.59 Å². The van der Waals surface area contributed by atoms with Crippen LogP contribution in [0.2, 0.25) is 0 Å². The predicted molar refractivity (Wildman–Crippen MR) is 85.3 cm³/mol. The molecule has 0 fully saturated rings. The van der Waals surface area contributed by atoms with E-state index in [-0.39, 0.29) is 23.5 Å². The molecule has 1 aliphatic heterocycles. The molecule has 0 radical (unpaired) electrons. The van der Waals surface area contributed by atoms with Gasteiger partial charge in [-0.2, -0.15) is 4.99 Å². The van der Waals surface area contributed by atoms with Gasteiger partial charge in [-0.1, -0.05) is 42.1 Å². The van der Waals surface area contributed by atoms with Crippen LogP contribution in [0.1, 0.15) is 12.0 Å². The Kier molecular flexibility index (Phi) is 5.38. The molecule has 0 unspecified atom stereocenters. The summed E-state index contributed by atoms with van der Waals surface area (Å²) in [6.45, 7) is 0.579. The van der Waals surface area contributed by atoms with E-state index in [1.807, 2.05) is 44.4 Å². The normalized spacial score (nSPS) is 17.5. The number of nitrogens with one attached hydrogen (secondary N) is 1. The Morgan fingerprint density at radius 2 is 2.05 bits per heavy atom. The first-order chi connectivity index (χ1) is 10.1. The summed E-state index contributed by atoms with van der Waals surface area (Å²) in [4.78, 5) is 29.3. The molecule has 112 valence electrons. The summed E-state index contributed by atoms with van der Waals surface area (Å²) in [5, 5.41) is 3.13. The quantitative estimate of drug-likeness (QED) is 0.890. The van der Waals surface area contributed by atoms with E-state index in [4.69, 9.17) is 0 Å². The molecule has 1 aromatic rings. The summed E-state index contributed by atoms with van der Waals surface area (Å²) in [6.07, 6.45) is 0.969. The lowest BCUT2D eigenvalue weighted by molar-refractivity contribution is -0.124. The molecule has 1 N–H and O–H groups in total. The van der Waals surface area contributed by atoms with Gasteiger partial charge in [-0.05, 0) is 12.0 Å². The van der Waals surface area contributed by atoms with E-state index in [0.29, 0.717) is 11.7 Å². The number of hydrogen-bond donors (Lipinski definition) is 1. The van der Waals surface area contributed by atoms with Gasteiger partial charge in [0.15, 0.2) is 5.17 Å². The second kappa shape index (κ2) is 7.26. The predicted octanol–water partition coefficient (Wildman–Crippen LogP) is 1.30. The lowest BCUT2D eigenvalue weighted by Gasteiger charge is -2.11. The maximum atomic E-state index is 11.9. The lowest BCUT2D eigenvalue weighted by Crippen LogP contribution is -2.30. The lowest BCUT2D eigenvalue weighted by atomic mass is 10.1. The molecule has 0 bridgehead atoms. The number of hydrogen-bond acceptors (Lipinski definition) is 4. The van der Waals surface area contributed by atoms with Gasteiger partial charge in [0.25, 0.3) is 5.91 Å². The van der Waals surface area contributed by atoms with Crippen molar-refractivity contribution in [2.24, 2.45) is 4.99 Å². The summed E-state index contributed by atoms with van der Waals surface area (Å²) < 4.78 is 0. The summed E-state index contributed by atoms with van der Waals surface area (Å²) in [6, 6.07) is 9.98. The number of carbonyl (C=O) groups is 2. The third-order valence-electron chi connectivity index (χ3n) is 3.06. The topological polar surface area (TPSA) is 61.8 Å². The van der Waals surface area contributed by atoms with Crippen molar-refractivity contribution in [2.75, 3.05) is 20.6 Å². The molecule has 1 heterocycles. The SMILES string of the molecule is CN(C)C1=NC(=O)[C@H](CC(=O)NCCc2ccccc2)S1. The Bertz CT molecular complexity index is 543. The first kappa shape index (κ1) is 15.6. The summed E-state index contributed by atoms with van der Waals surface area (Å²) in [7, 11) is 3.67. The van der Waals surface area contributed by atoms with Gasteiger partial charge in [-0.25, -0.2) is 0 Å². The zero-order valence-corrected chi connectivity index (χ0v) is 13.0. The minimum absolute atomic E-state index is 0.105. The largest absolute Gasteiger partial charge is 0.357 e. The average Bonchev–Trinajstić information content (AvgIpc) is 2.81. The first-order valence-electron chi connectivity index (χ1n) is 6.83. The van der Waals surface area contributed by atoms with Crippen LogP contribution in [-0.2, 0) is 16.0 Å². The molecule has 0 aliphatic carbocycles. The number of amidine groups is 1. The minimum Gasteiger partial charge on any atom is -0.357 e. The van der Waals surface area contributed by atoms with Crippen LogP contribution in [0.5, 0.6) is 0 Å². The van der Waals surface area contributed by atoms with Gasteiger partial charge in [0.05, 0.1) is 0 Å². The highest BCUT2D eigenvalue weighted by Crippen LogP contribution is 2.25. The molecule has 0 spiro atoms. The maximum Gasteiger partial charge on any atom is 0.262 e. The van der Waals surface area contributed by atoms with Crippen molar-refractivity contribution in [2.45, 2.75) is 18.1 Å². The van der Waals surface area contributed by atoms with Crippen molar-refractivity contribution in [3.05, 3.63) is 35.9 Å². The molecule has 2 rings (SSSR count). The Morgan fingerprint density at radius 3 is 2.67 bits per heavy atom. The molecule has 2 amide bonds. The number of nitrogens with zero attached hydrogens (tertiary/aromatic N) is 2. The Morgan fingerprint density at radius 1 is 1.33 bits per heavy atom. The fourth-order valence-electron chi connectivity index (χ4n) is 1.94. The molecule has 1 atom stereocenters. The molecule has 0 saturated heterocycles. The minimum atomic E-state index is -0.390. The number of rotatable bonds is 5. The van der Waals surface area contributed by atoms with Crippen LogP contribution in [-0.4, -0.2) is 47.8 Å². The number of carbonyl (C=O) groups excluding carboxylic acids is 2. The Balaban J connectivity index is 1.72. The van der Waals surface area contributed by atoms with E-state index in [2.05, 4.69) is 10.3 Å². The van der Waals surface area contributed by atoms with E-state index in [1.165, 1.54) is 17.3 Å². The second-order valence-electron chi connectivity index (χ2n) is 5.02. The van der Waals surface area contributed by atoms with Crippen LogP contribution in [0.25, 0.3) is 0 Å². The molecule has 21 heavy (non-hydrogen) atoms. The van der Waals surface area contributed by atoms with Crippen molar-refractivity contribution < 1.29 is 9.59 Å². The fraction of sp³-hybridized carbons (Fsp3) is 0.400. The van der Waals surface area contributed by atoms with Crippen LogP contribution in [0.15, 0.2) is 35.3 Å². The summed E-state index contributed by atoms with van der Waals surface area (Å²) in [5.74, 6) is -0.325. The third kappa shape index (κ3) is 4.60. The molecule has 6 heteroatoms. The Labute approximate surface area is 128 Å². The van der Waals surface area contributed by atoms with Gasteiger partial charge in [0, 0.05) is 27.1 Å². The smallest absolute Gasteiger partial charge is 0.262 e. The average molecular weight is 305 g/mol. The van der Waals surface area contributed by atoms with Crippen molar-refractivity contribution >= 4 is 28.7 Å². The number of amides is 2. The molecular weight excluding hydrogens is 286 g/mol. The van der Waals surface area contributed by atoms with E-state index in [1.54, 1.807) is 4.90 Å². The highest BCUT2D eigenvalue weighted by molar-refractivity contribution is 8.15. The highest BCUT2D eigenvalue weighted by atomic mass is 32.2. The van der Waals surface area contributed by atoms with Crippen LogP contribution in [0.3, 0.4) is 0 Å². The number of thioether (sulfide) groups is 1. The van der Waals surface area contributed by atoms with Gasteiger partial charge in [0.2, 0.25) is 5.91 Å². The van der Waals surface area contributed by atoms with E-state index < -0.39 is 0 Å². The van der Waals surface area contributed by atoms with Crippen LogP contribution in [0, 0.1) is 0 Å². The third-order valence-corrected chi connectivity index (χ3v) is 4.38. The number of benzene rings is 1. The first-order valence-corrected chi connectivity index (χ1v) is 7.71. The van der Waals surface area contributed by atoms with Gasteiger partial charge >= 0.3 is 0 Å². The standard InChI is InChI=1S/C15H19N3O2S/c1-18(2)15-17-14(20)12(21-15)10-13(19)16-9-8-11-6-4-3-5-7-11/h3-7,12H,8-10H2,1-2H3,(H,16,19)/t12-/m0/s1. The van der Waals surface area contributed by atoms with Crippen LogP contribution in [0.4, 0.5) is 0 Å². The summed E-state index contributed by atoms with van der Waals surface area (Å²) >= 11 is 1.35. The second-order valence-corrected chi connectivity index (χ2v) is 6.19. The molecule has 1 aliphatic rings. The van der Waals surface area contributed by atoms with Gasteiger partial charge in [-0.3, -0.25) is 9.59 Å². The molecule has 1 aromatic carbocycles. The fourth-order valence-corrected chi connectivity index (χ4v) is 2.93. The molecular formula is C15H19N3O2S. The van der Waals surface area contributed by atoms with Crippen molar-refractivity contribution in [1.29, 1.82) is 0 Å². The van der Waals surface area contributed by atoms with Crippen molar-refractivity contribution in [3.63, 3.8) is 0 Å². The zero-order chi connectivity index (χ0) is 15.2. The maximum absolute atomic E-state index is 11.9. The van der Waals surface area contributed by atoms with Crippen molar-refractivity contribution in [1.82, 2.24) is 10.2 Å². The van der Waals surface area contributed by atoms with E-state index >= 15 is 0 Å². The molecule has 0 aromatic heterocycles. The monoisotopic (exact) mass is 305 g/mol. The van der Waals surface area contributed by atoms with Crippen molar-refractivity contribution in [3.8, 4) is 0 Å². The van der Waals surface area contributed by atoms with Gasteiger partial charge in [0.1, 0.15) is 5.25 Å². The van der Waals surface area contributed by atoms with E-state index in [0.717, 1.165) is 6.42 Å².